The first kappa shape index (κ1) is 13.0. The molecule has 0 amide bonds. The lowest BCUT2D eigenvalue weighted by atomic mass is 10.1. The van der Waals surface area contributed by atoms with Crippen molar-refractivity contribution in [2.24, 2.45) is 0 Å². The summed E-state index contributed by atoms with van der Waals surface area (Å²) >= 11 is 0. The molecule has 2 rings (SSSR count). The molecule has 0 saturated heterocycles. The number of rotatable bonds is 6. The summed E-state index contributed by atoms with van der Waals surface area (Å²) in [5.74, 6) is 0.951. The maximum Gasteiger partial charge on any atom is 0.128 e. The number of hydrogen-bond acceptors (Lipinski definition) is 2. The van der Waals surface area contributed by atoms with Crippen LogP contribution in [-0.4, -0.2) is 24.7 Å². The number of benzene rings is 1. The van der Waals surface area contributed by atoms with Crippen LogP contribution in [0.25, 0.3) is 10.9 Å². The van der Waals surface area contributed by atoms with Crippen LogP contribution < -0.4 is 10.1 Å². The van der Waals surface area contributed by atoms with Gasteiger partial charge in [0.15, 0.2) is 0 Å². The van der Waals surface area contributed by atoms with Gasteiger partial charge in [-0.2, -0.15) is 0 Å². The number of nitrogens with one attached hydrogen (secondary N) is 2. The van der Waals surface area contributed by atoms with E-state index in [2.05, 4.69) is 36.4 Å². The molecular weight excluding hydrogens is 224 g/mol. The van der Waals surface area contributed by atoms with Crippen LogP contribution in [0.1, 0.15) is 25.8 Å². The van der Waals surface area contributed by atoms with E-state index in [-0.39, 0.29) is 0 Å². The first-order chi connectivity index (χ1) is 8.76. The third kappa shape index (κ3) is 2.67. The topological polar surface area (TPSA) is 37.0 Å². The third-order valence-corrected chi connectivity index (χ3v) is 3.47. The van der Waals surface area contributed by atoms with E-state index in [9.17, 15) is 0 Å². The van der Waals surface area contributed by atoms with Gasteiger partial charge in [-0.15, -0.1) is 0 Å². The van der Waals surface area contributed by atoms with Crippen LogP contribution in [0.5, 0.6) is 5.75 Å². The van der Waals surface area contributed by atoms with Gasteiger partial charge in [-0.25, -0.2) is 0 Å². The summed E-state index contributed by atoms with van der Waals surface area (Å²) in [5.41, 5.74) is 2.46. The van der Waals surface area contributed by atoms with E-state index in [1.807, 2.05) is 12.1 Å². The van der Waals surface area contributed by atoms with Gasteiger partial charge >= 0.3 is 0 Å². The molecule has 2 N–H and O–H groups in total. The third-order valence-electron chi connectivity index (χ3n) is 3.47. The summed E-state index contributed by atoms with van der Waals surface area (Å²) < 4.78 is 5.43. The van der Waals surface area contributed by atoms with Crippen LogP contribution in [0.3, 0.4) is 0 Å². The van der Waals surface area contributed by atoms with Crippen molar-refractivity contribution in [3.05, 3.63) is 30.0 Å². The molecule has 0 spiro atoms. The van der Waals surface area contributed by atoms with Crippen molar-refractivity contribution >= 4 is 10.9 Å². The smallest absolute Gasteiger partial charge is 0.128 e. The van der Waals surface area contributed by atoms with E-state index in [1.54, 1.807) is 7.11 Å². The first-order valence-electron chi connectivity index (χ1n) is 6.62. The van der Waals surface area contributed by atoms with Crippen molar-refractivity contribution in [1.29, 1.82) is 0 Å². The second-order valence-electron chi connectivity index (χ2n) is 4.71. The van der Waals surface area contributed by atoms with Gasteiger partial charge in [0.05, 0.1) is 7.11 Å². The standard InChI is InChI=1S/C15H22N2O/c1-4-11(2)16-9-8-12-10-17-13-6-5-7-14(18-3)15(12)13/h5-7,10-11,16-17H,4,8-9H2,1-3H3. The molecular formula is C15H22N2O. The minimum absolute atomic E-state index is 0.581. The Kier molecular flexibility index (Phi) is 4.26. The highest BCUT2D eigenvalue weighted by Gasteiger charge is 2.08. The normalized spacial score (nSPS) is 12.8. The van der Waals surface area contributed by atoms with Crippen molar-refractivity contribution in [2.45, 2.75) is 32.7 Å². The monoisotopic (exact) mass is 246 g/mol. The average molecular weight is 246 g/mol. The van der Waals surface area contributed by atoms with Crippen molar-refractivity contribution < 1.29 is 4.74 Å². The molecule has 3 nitrogen and oxygen atoms in total. The fourth-order valence-corrected chi connectivity index (χ4v) is 2.18. The van der Waals surface area contributed by atoms with E-state index >= 15 is 0 Å². The molecule has 0 radical (unpaired) electrons. The number of aromatic amines is 1. The Morgan fingerprint density at radius 2 is 2.22 bits per heavy atom. The Hall–Kier alpha value is -1.48. The maximum absolute atomic E-state index is 5.43. The van der Waals surface area contributed by atoms with Crippen LogP contribution in [-0.2, 0) is 6.42 Å². The zero-order valence-electron chi connectivity index (χ0n) is 11.4. The number of aromatic nitrogens is 1. The molecule has 2 aromatic rings. The van der Waals surface area contributed by atoms with Crippen LogP contribution in [0, 0.1) is 0 Å². The molecule has 1 atom stereocenters. The molecule has 1 aromatic carbocycles. The van der Waals surface area contributed by atoms with Gasteiger partial charge in [-0.3, -0.25) is 0 Å². The molecule has 0 aliphatic heterocycles. The quantitative estimate of drug-likeness (QED) is 0.821. The molecule has 1 unspecified atom stereocenters. The van der Waals surface area contributed by atoms with E-state index in [0.29, 0.717) is 6.04 Å². The first-order valence-corrected chi connectivity index (χ1v) is 6.62. The zero-order chi connectivity index (χ0) is 13.0. The highest BCUT2D eigenvalue weighted by molar-refractivity contribution is 5.89. The summed E-state index contributed by atoms with van der Waals surface area (Å²) in [7, 11) is 1.73. The predicted octanol–water partition coefficient (Wildman–Crippen LogP) is 3.11. The van der Waals surface area contributed by atoms with Crippen LogP contribution in [0.2, 0.25) is 0 Å². The van der Waals surface area contributed by atoms with Crippen LogP contribution in [0.15, 0.2) is 24.4 Å². The zero-order valence-corrected chi connectivity index (χ0v) is 11.4. The van der Waals surface area contributed by atoms with E-state index in [0.717, 1.165) is 30.7 Å². The molecule has 0 bridgehead atoms. The molecule has 0 saturated carbocycles. The SMILES string of the molecule is CCC(C)NCCc1c[nH]c2cccc(OC)c12. The lowest BCUT2D eigenvalue weighted by molar-refractivity contribution is 0.419. The van der Waals surface area contributed by atoms with Gasteiger partial charge in [0.1, 0.15) is 5.75 Å². The summed E-state index contributed by atoms with van der Waals surface area (Å²) in [6.45, 7) is 5.42. The molecule has 0 fully saturated rings. The van der Waals surface area contributed by atoms with Crippen molar-refractivity contribution in [1.82, 2.24) is 10.3 Å². The Bertz CT molecular complexity index is 504. The van der Waals surface area contributed by atoms with Gasteiger partial charge in [0.25, 0.3) is 0 Å². The van der Waals surface area contributed by atoms with E-state index in [4.69, 9.17) is 4.74 Å². The Morgan fingerprint density at radius 1 is 1.39 bits per heavy atom. The second kappa shape index (κ2) is 5.91. The number of hydrogen-bond donors (Lipinski definition) is 2. The van der Waals surface area contributed by atoms with Gasteiger partial charge in [-0.1, -0.05) is 13.0 Å². The molecule has 0 aliphatic carbocycles. The van der Waals surface area contributed by atoms with Gasteiger partial charge in [-0.05, 0) is 44.0 Å². The number of methoxy groups -OCH3 is 1. The van der Waals surface area contributed by atoms with Crippen LogP contribution >= 0.6 is 0 Å². The molecule has 18 heavy (non-hydrogen) atoms. The highest BCUT2D eigenvalue weighted by Crippen LogP contribution is 2.28. The number of ether oxygens (including phenoxy) is 1. The fourth-order valence-electron chi connectivity index (χ4n) is 2.18. The molecule has 0 aliphatic rings. The van der Waals surface area contributed by atoms with Gasteiger partial charge < -0.3 is 15.0 Å². The Labute approximate surface area is 109 Å². The summed E-state index contributed by atoms with van der Waals surface area (Å²) in [4.78, 5) is 3.31. The minimum atomic E-state index is 0.581. The molecule has 1 heterocycles. The van der Waals surface area contributed by atoms with Gasteiger partial charge in [0.2, 0.25) is 0 Å². The second-order valence-corrected chi connectivity index (χ2v) is 4.71. The van der Waals surface area contributed by atoms with Crippen molar-refractivity contribution in [2.75, 3.05) is 13.7 Å². The predicted molar refractivity (Wildman–Crippen MR) is 76.3 cm³/mol. The summed E-state index contributed by atoms with van der Waals surface area (Å²) in [6, 6.07) is 6.70. The van der Waals surface area contributed by atoms with E-state index < -0.39 is 0 Å². The van der Waals surface area contributed by atoms with Crippen LogP contribution in [0.4, 0.5) is 0 Å². The molecule has 98 valence electrons. The largest absolute Gasteiger partial charge is 0.496 e. The van der Waals surface area contributed by atoms with Gasteiger partial charge in [0, 0.05) is 23.1 Å². The maximum atomic E-state index is 5.43. The lowest BCUT2D eigenvalue weighted by Gasteiger charge is -2.11. The minimum Gasteiger partial charge on any atom is -0.496 e. The summed E-state index contributed by atoms with van der Waals surface area (Å²) in [6.07, 6.45) is 4.27. The number of H-pyrrole nitrogens is 1. The fraction of sp³-hybridized carbons (Fsp3) is 0.467. The lowest BCUT2D eigenvalue weighted by Crippen LogP contribution is -2.27. The Morgan fingerprint density at radius 3 is 2.94 bits per heavy atom. The average Bonchev–Trinajstić information content (AvgIpc) is 2.82. The molecule has 3 heteroatoms. The van der Waals surface area contributed by atoms with Crippen molar-refractivity contribution in [3.8, 4) is 5.75 Å². The van der Waals surface area contributed by atoms with E-state index in [1.165, 1.54) is 10.9 Å². The Balaban J connectivity index is 2.13. The van der Waals surface area contributed by atoms with Crippen molar-refractivity contribution in [3.63, 3.8) is 0 Å². The number of fused-ring (bicyclic) bond motifs is 1. The summed E-state index contributed by atoms with van der Waals surface area (Å²) in [5, 5.41) is 4.73. The highest BCUT2D eigenvalue weighted by atomic mass is 16.5. The molecule has 1 aromatic heterocycles.